The number of rotatable bonds is 4. The summed E-state index contributed by atoms with van der Waals surface area (Å²) < 4.78 is 1.66. The lowest BCUT2D eigenvalue weighted by Crippen LogP contribution is -2.25. The van der Waals surface area contributed by atoms with E-state index in [1.807, 2.05) is 38.2 Å². The standard InChI is InChI=1S/C18H21N5OS/c1-11-4-5-14(18(24)20-16-6-7-16)8-17(11)15-9-19-23(10-15)12(2)21-22-13(3)25/h4-5,8-10,16H,6-7H2,1-3H3,(H,20,24)(H,22,25)/b21-12+. The predicted octanol–water partition coefficient (Wildman–Crippen LogP) is 3.28. The van der Waals surface area contributed by atoms with E-state index in [4.69, 9.17) is 0 Å². The van der Waals surface area contributed by atoms with Crippen molar-refractivity contribution in [3.05, 3.63) is 41.7 Å². The molecule has 1 heterocycles. The van der Waals surface area contributed by atoms with E-state index in [2.05, 4.69) is 33.2 Å². The zero-order chi connectivity index (χ0) is 18.0. The highest BCUT2D eigenvalue weighted by Crippen LogP contribution is 2.25. The summed E-state index contributed by atoms with van der Waals surface area (Å²) in [6.07, 6.45) is 5.79. The van der Waals surface area contributed by atoms with Crippen LogP contribution >= 0.6 is 12.6 Å². The molecule has 1 aromatic carbocycles. The van der Waals surface area contributed by atoms with Crippen LogP contribution in [0.1, 0.15) is 42.6 Å². The largest absolute Gasteiger partial charge is 0.349 e. The third-order valence-electron chi connectivity index (χ3n) is 3.98. The highest BCUT2D eigenvalue weighted by molar-refractivity contribution is 7.96. The number of benzene rings is 1. The molecule has 1 aromatic heterocycles. The Balaban J connectivity index is 1.87. The molecule has 6 nitrogen and oxygen atoms in total. The first-order chi connectivity index (χ1) is 11.9. The van der Waals surface area contributed by atoms with Crippen LogP contribution in [0, 0.1) is 6.92 Å². The molecule has 1 aliphatic carbocycles. The molecule has 1 amide bonds. The first-order valence-corrected chi connectivity index (χ1v) is 8.63. The quantitative estimate of drug-likeness (QED) is 0.382. The van der Waals surface area contributed by atoms with Crippen LogP contribution in [0.4, 0.5) is 0 Å². The fraction of sp³-hybridized carbons (Fsp3) is 0.333. The highest BCUT2D eigenvalue weighted by atomic mass is 32.1. The SMILES string of the molecule is C/C(S)=N/N=C(\C)n1cc(-c2cc(C(=O)NC3CC3)ccc2C)cn1. The summed E-state index contributed by atoms with van der Waals surface area (Å²) in [6, 6.07) is 6.08. The number of nitrogens with zero attached hydrogens (tertiary/aromatic N) is 4. The van der Waals surface area contributed by atoms with Gasteiger partial charge in [-0.1, -0.05) is 6.07 Å². The minimum atomic E-state index is -0.0209. The summed E-state index contributed by atoms with van der Waals surface area (Å²) in [5.41, 5.74) is 3.67. The number of aromatic nitrogens is 2. The lowest BCUT2D eigenvalue weighted by Gasteiger charge is -2.08. The van der Waals surface area contributed by atoms with Crippen molar-refractivity contribution in [3.8, 4) is 11.1 Å². The van der Waals surface area contributed by atoms with Crippen molar-refractivity contribution in [3.63, 3.8) is 0 Å². The summed E-state index contributed by atoms with van der Waals surface area (Å²) in [5.74, 6) is 0.618. The van der Waals surface area contributed by atoms with E-state index < -0.39 is 0 Å². The average Bonchev–Trinajstić information content (AvgIpc) is 3.25. The van der Waals surface area contributed by atoms with Crippen molar-refractivity contribution in [2.24, 2.45) is 10.2 Å². The van der Waals surface area contributed by atoms with Gasteiger partial charge in [0.05, 0.1) is 11.2 Å². The number of nitrogens with one attached hydrogen (secondary N) is 1. The minimum absolute atomic E-state index is 0.0209. The fourth-order valence-electron chi connectivity index (χ4n) is 2.40. The Labute approximate surface area is 152 Å². The van der Waals surface area contributed by atoms with E-state index in [1.54, 1.807) is 17.8 Å². The number of aryl methyl sites for hydroxylation is 1. The van der Waals surface area contributed by atoms with Crippen molar-refractivity contribution in [2.75, 3.05) is 0 Å². The number of amides is 1. The predicted molar refractivity (Wildman–Crippen MR) is 103 cm³/mol. The second-order valence-corrected chi connectivity index (χ2v) is 6.89. The molecule has 1 fully saturated rings. The van der Waals surface area contributed by atoms with Gasteiger partial charge in [-0.2, -0.15) is 5.10 Å². The fourth-order valence-corrected chi connectivity index (χ4v) is 2.44. The molecular weight excluding hydrogens is 334 g/mol. The molecule has 0 saturated heterocycles. The first kappa shape index (κ1) is 17.4. The van der Waals surface area contributed by atoms with Crippen LogP contribution in [-0.4, -0.2) is 32.6 Å². The Hall–Kier alpha value is -2.41. The summed E-state index contributed by atoms with van der Waals surface area (Å²) in [4.78, 5) is 12.3. The molecular formula is C18H21N5OS. The van der Waals surface area contributed by atoms with Gasteiger partial charge in [-0.3, -0.25) is 4.79 Å². The van der Waals surface area contributed by atoms with Gasteiger partial charge < -0.3 is 5.32 Å². The Morgan fingerprint density at radius 1 is 1.32 bits per heavy atom. The van der Waals surface area contributed by atoms with Crippen molar-refractivity contribution in [1.29, 1.82) is 0 Å². The van der Waals surface area contributed by atoms with Gasteiger partial charge in [-0.15, -0.1) is 22.8 Å². The van der Waals surface area contributed by atoms with Gasteiger partial charge in [0, 0.05) is 23.4 Å². The Morgan fingerprint density at radius 2 is 2.08 bits per heavy atom. The van der Waals surface area contributed by atoms with E-state index in [9.17, 15) is 4.79 Å². The molecule has 0 radical (unpaired) electrons. The van der Waals surface area contributed by atoms with Crippen LogP contribution in [0.15, 0.2) is 40.8 Å². The molecule has 7 heteroatoms. The van der Waals surface area contributed by atoms with E-state index in [0.29, 0.717) is 22.5 Å². The van der Waals surface area contributed by atoms with Gasteiger partial charge in [0.25, 0.3) is 5.91 Å². The van der Waals surface area contributed by atoms with Crippen LogP contribution in [-0.2, 0) is 0 Å². The third-order valence-corrected chi connectivity index (χ3v) is 4.07. The molecule has 0 aliphatic heterocycles. The number of thiol groups is 1. The van der Waals surface area contributed by atoms with Gasteiger partial charge in [-0.25, -0.2) is 4.68 Å². The first-order valence-electron chi connectivity index (χ1n) is 8.19. The zero-order valence-corrected chi connectivity index (χ0v) is 15.4. The van der Waals surface area contributed by atoms with Gasteiger partial charge >= 0.3 is 0 Å². The third kappa shape index (κ3) is 4.36. The monoisotopic (exact) mass is 355 g/mol. The summed E-state index contributed by atoms with van der Waals surface area (Å²) in [5, 5.41) is 15.9. The lowest BCUT2D eigenvalue weighted by molar-refractivity contribution is 0.0951. The molecule has 2 aromatic rings. The lowest BCUT2D eigenvalue weighted by atomic mass is 10.0. The summed E-state index contributed by atoms with van der Waals surface area (Å²) in [6.45, 7) is 5.60. The molecule has 0 spiro atoms. The Bertz CT molecular complexity index is 860. The van der Waals surface area contributed by atoms with Crippen LogP contribution in [0.2, 0.25) is 0 Å². The number of carbonyl (C=O) groups excluding carboxylic acids is 1. The molecule has 1 saturated carbocycles. The minimum Gasteiger partial charge on any atom is -0.349 e. The van der Waals surface area contributed by atoms with Crippen LogP contribution in [0.5, 0.6) is 0 Å². The molecule has 25 heavy (non-hydrogen) atoms. The van der Waals surface area contributed by atoms with Gasteiger partial charge in [0.1, 0.15) is 5.84 Å². The zero-order valence-electron chi connectivity index (χ0n) is 14.5. The maximum Gasteiger partial charge on any atom is 0.251 e. The molecule has 130 valence electrons. The smallest absolute Gasteiger partial charge is 0.251 e. The summed E-state index contributed by atoms with van der Waals surface area (Å²) >= 11 is 4.09. The van der Waals surface area contributed by atoms with Crippen molar-refractivity contribution >= 4 is 29.4 Å². The van der Waals surface area contributed by atoms with Crippen molar-refractivity contribution in [2.45, 2.75) is 39.7 Å². The van der Waals surface area contributed by atoms with E-state index in [0.717, 1.165) is 29.5 Å². The normalized spacial score (nSPS) is 15.4. The van der Waals surface area contributed by atoms with E-state index >= 15 is 0 Å². The number of carbonyl (C=O) groups is 1. The van der Waals surface area contributed by atoms with Crippen molar-refractivity contribution < 1.29 is 4.79 Å². The Kier molecular flexibility index (Phi) is 5.03. The Morgan fingerprint density at radius 3 is 2.76 bits per heavy atom. The molecule has 3 rings (SSSR count). The average molecular weight is 355 g/mol. The maximum atomic E-state index is 12.3. The molecule has 0 bridgehead atoms. The second-order valence-electron chi connectivity index (χ2n) is 6.25. The van der Waals surface area contributed by atoms with Crippen LogP contribution < -0.4 is 5.32 Å². The van der Waals surface area contributed by atoms with E-state index in [-0.39, 0.29) is 5.91 Å². The van der Waals surface area contributed by atoms with E-state index in [1.165, 1.54) is 0 Å². The van der Waals surface area contributed by atoms with Crippen LogP contribution in [0.25, 0.3) is 11.1 Å². The molecule has 0 unspecified atom stereocenters. The van der Waals surface area contributed by atoms with Gasteiger partial charge in [0.2, 0.25) is 0 Å². The van der Waals surface area contributed by atoms with Crippen LogP contribution in [0.3, 0.4) is 0 Å². The molecule has 0 atom stereocenters. The van der Waals surface area contributed by atoms with Crippen molar-refractivity contribution in [1.82, 2.24) is 15.1 Å². The highest BCUT2D eigenvalue weighted by Gasteiger charge is 2.24. The number of hydrogen-bond acceptors (Lipinski definition) is 4. The van der Waals surface area contributed by atoms with Gasteiger partial charge in [-0.05, 0) is 56.9 Å². The van der Waals surface area contributed by atoms with Gasteiger partial charge in [0.15, 0.2) is 0 Å². The molecule has 1 N–H and O–H groups in total. The molecule has 1 aliphatic rings. The second kappa shape index (κ2) is 7.23. The maximum absolute atomic E-state index is 12.3. The summed E-state index contributed by atoms with van der Waals surface area (Å²) in [7, 11) is 0. The number of hydrogen-bond donors (Lipinski definition) is 2. The topological polar surface area (TPSA) is 71.6 Å².